The van der Waals surface area contributed by atoms with Crippen LogP contribution in [-0.2, 0) is 19.1 Å². The van der Waals surface area contributed by atoms with Crippen molar-refractivity contribution in [2.75, 3.05) is 7.11 Å². The summed E-state index contributed by atoms with van der Waals surface area (Å²) in [6, 6.07) is 8.58. The summed E-state index contributed by atoms with van der Waals surface area (Å²) in [5, 5.41) is 0. The van der Waals surface area contributed by atoms with Crippen molar-refractivity contribution < 1.29 is 19.1 Å². The molecule has 25 heavy (non-hydrogen) atoms. The Labute approximate surface area is 147 Å². The average Bonchev–Trinajstić information content (AvgIpc) is 2.51. The Morgan fingerprint density at radius 2 is 1.88 bits per heavy atom. The number of β-lactam (4-membered cyclic amide) rings is 1. The number of ether oxygens (including phenoxy) is 1. The van der Waals surface area contributed by atoms with Gasteiger partial charge in [0.25, 0.3) is 0 Å². The van der Waals surface area contributed by atoms with Crippen molar-refractivity contribution in [2.45, 2.75) is 33.2 Å². The van der Waals surface area contributed by atoms with Gasteiger partial charge in [-0.1, -0.05) is 51.1 Å². The van der Waals surface area contributed by atoms with Crippen LogP contribution in [0.25, 0.3) is 6.08 Å². The Morgan fingerprint density at radius 3 is 2.32 bits per heavy atom. The molecule has 2 rings (SSSR count). The Hall–Kier alpha value is -2.63. The summed E-state index contributed by atoms with van der Waals surface area (Å²) in [4.78, 5) is 37.8. The number of methoxy groups -OCH3 is 1. The summed E-state index contributed by atoms with van der Waals surface area (Å²) in [5.41, 5.74) is 6.38. The van der Waals surface area contributed by atoms with E-state index >= 15 is 0 Å². The van der Waals surface area contributed by atoms with Gasteiger partial charge in [-0.2, -0.15) is 0 Å². The van der Waals surface area contributed by atoms with Gasteiger partial charge in [0.15, 0.2) is 0 Å². The van der Waals surface area contributed by atoms with E-state index in [0.29, 0.717) is 5.70 Å². The van der Waals surface area contributed by atoms with E-state index < -0.39 is 29.3 Å². The van der Waals surface area contributed by atoms with Crippen LogP contribution in [0, 0.1) is 11.3 Å². The highest BCUT2D eigenvalue weighted by Crippen LogP contribution is 2.39. The molecule has 0 aromatic heterocycles. The number of amides is 2. The van der Waals surface area contributed by atoms with E-state index in [1.54, 1.807) is 6.08 Å². The molecule has 1 fully saturated rings. The quantitative estimate of drug-likeness (QED) is 0.653. The van der Waals surface area contributed by atoms with E-state index in [4.69, 9.17) is 10.5 Å². The van der Waals surface area contributed by atoms with Crippen molar-refractivity contribution in [3.8, 4) is 0 Å². The second-order valence-electron chi connectivity index (χ2n) is 7.19. The molecule has 0 aliphatic carbocycles. The maximum absolute atomic E-state index is 12.3. The molecule has 2 N–H and O–H groups in total. The fraction of sp³-hybridized carbons (Fsp3) is 0.421. The molecule has 6 nitrogen and oxygen atoms in total. The number of esters is 1. The maximum Gasteiger partial charge on any atom is 0.329 e. The van der Waals surface area contributed by atoms with Gasteiger partial charge in [0, 0.05) is 5.70 Å². The van der Waals surface area contributed by atoms with Gasteiger partial charge in [-0.15, -0.1) is 0 Å². The maximum atomic E-state index is 12.3. The second kappa shape index (κ2) is 7.09. The van der Waals surface area contributed by atoms with Crippen LogP contribution in [-0.4, -0.2) is 35.8 Å². The monoisotopic (exact) mass is 344 g/mol. The number of nitrogens with two attached hydrogens (primary N) is 1. The van der Waals surface area contributed by atoms with Crippen molar-refractivity contribution in [3.63, 3.8) is 0 Å². The Kier molecular flexibility index (Phi) is 5.30. The molecular weight excluding hydrogens is 320 g/mol. The summed E-state index contributed by atoms with van der Waals surface area (Å²) in [6.07, 6.45) is 1.81. The molecule has 0 radical (unpaired) electrons. The first-order valence-electron chi connectivity index (χ1n) is 8.12. The predicted octanol–water partition coefficient (Wildman–Crippen LogP) is 1.95. The molecule has 1 aromatic rings. The largest absolute Gasteiger partial charge is 0.467 e. The van der Waals surface area contributed by atoms with Crippen LogP contribution in [0.5, 0.6) is 0 Å². The number of nitrogens with zero attached hydrogens (tertiary/aromatic N) is 1. The Morgan fingerprint density at radius 1 is 1.28 bits per heavy atom. The third kappa shape index (κ3) is 3.90. The molecule has 0 saturated carbocycles. The van der Waals surface area contributed by atoms with Gasteiger partial charge in [0.05, 0.1) is 19.4 Å². The number of carbonyl (C=O) groups excluding carboxylic acids is 3. The third-order valence-corrected chi connectivity index (χ3v) is 4.26. The van der Waals surface area contributed by atoms with Crippen molar-refractivity contribution >= 4 is 23.9 Å². The van der Waals surface area contributed by atoms with Crippen molar-refractivity contribution in [2.24, 2.45) is 17.1 Å². The van der Waals surface area contributed by atoms with Gasteiger partial charge in [-0.3, -0.25) is 9.59 Å². The second-order valence-corrected chi connectivity index (χ2v) is 7.19. The van der Waals surface area contributed by atoms with Gasteiger partial charge >= 0.3 is 5.97 Å². The topological polar surface area (TPSA) is 89.7 Å². The molecule has 2 atom stereocenters. The lowest BCUT2D eigenvalue weighted by molar-refractivity contribution is -0.162. The van der Waals surface area contributed by atoms with Crippen molar-refractivity contribution in [1.82, 2.24) is 4.90 Å². The van der Waals surface area contributed by atoms with Crippen LogP contribution in [0.4, 0.5) is 0 Å². The lowest BCUT2D eigenvalue weighted by Crippen LogP contribution is -2.58. The summed E-state index contributed by atoms with van der Waals surface area (Å²) in [5.74, 6) is -2.01. The number of benzene rings is 1. The molecule has 1 aromatic carbocycles. The van der Waals surface area contributed by atoms with Gasteiger partial charge in [0.1, 0.15) is 6.04 Å². The molecule has 1 saturated heterocycles. The molecule has 0 bridgehead atoms. The van der Waals surface area contributed by atoms with Crippen LogP contribution in [0.2, 0.25) is 0 Å². The lowest BCUT2D eigenvalue weighted by Gasteiger charge is -2.44. The fourth-order valence-electron chi connectivity index (χ4n) is 3.09. The summed E-state index contributed by atoms with van der Waals surface area (Å²) in [7, 11) is 1.28. The fourth-order valence-corrected chi connectivity index (χ4v) is 3.09. The molecule has 134 valence electrons. The smallest absolute Gasteiger partial charge is 0.329 e. The van der Waals surface area contributed by atoms with Gasteiger partial charge in [0.2, 0.25) is 11.8 Å². The average molecular weight is 344 g/mol. The number of hydrogen-bond donors (Lipinski definition) is 1. The minimum Gasteiger partial charge on any atom is -0.467 e. The van der Waals surface area contributed by atoms with Crippen LogP contribution in [0.15, 0.2) is 36.0 Å². The highest BCUT2D eigenvalue weighted by atomic mass is 16.5. The van der Waals surface area contributed by atoms with Crippen LogP contribution >= 0.6 is 0 Å². The molecular formula is C19H24N2O4. The molecule has 1 aliphatic rings. The standard InChI is InChI=1S/C19H24N2O4/c1-19(2,3)16(17(20)23)13(10-12-8-6-5-7-9-12)21-14(11-15(21)22)18(24)25-4/h5-10,14,16H,11H2,1-4H3,(H2,20,23)/b13-10-/t14-,16-/m0/s1. The number of hydrogen-bond acceptors (Lipinski definition) is 4. The van der Waals surface area contributed by atoms with Gasteiger partial charge in [-0.25, -0.2) is 4.79 Å². The van der Waals surface area contributed by atoms with E-state index in [1.807, 2.05) is 51.1 Å². The van der Waals surface area contributed by atoms with E-state index in [-0.39, 0.29) is 12.3 Å². The van der Waals surface area contributed by atoms with Gasteiger partial charge in [-0.05, 0) is 17.1 Å². The minimum atomic E-state index is -0.732. The predicted molar refractivity (Wildman–Crippen MR) is 93.8 cm³/mol. The lowest BCUT2D eigenvalue weighted by atomic mass is 9.76. The first kappa shape index (κ1) is 18.7. The normalized spacial score (nSPS) is 19.2. The molecule has 0 spiro atoms. The summed E-state index contributed by atoms with van der Waals surface area (Å²) < 4.78 is 4.78. The molecule has 0 unspecified atom stereocenters. The van der Waals surface area contributed by atoms with E-state index in [0.717, 1.165) is 5.56 Å². The van der Waals surface area contributed by atoms with E-state index in [2.05, 4.69) is 0 Å². The van der Waals surface area contributed by atoms with Gasteiger partial charge < -0.3 is 15.4 Å². The summed E-state index contributed by atoms with van der Waals surface area (Å²) in [6.45, 7) is 5.62. The highest BCUT2D eigenvalue weighted by Gasteiger charge is 2.48. The van der Waals surface area contributed by atoms with Crippen molar-refractivity contribution in [3.05, 3.63) is 41.6 Å². The van der Waals surface area contributed by atoms with Crippen molar-refractivity contribution in [1.29, 1.82) is 0 Å². The zero-order valence-corrected chi connectivity index (χ0v) is 15.0. The first-order chi connectivity index (χ1) is 11.7. The number of primary amides is 1. The van der Waals surface area contributed by atoms with Crippen LogP contribution in [0.1, 0.15) is 32.8 Å². The summed E-state index contributed by atoms with van der Waals surface area (Å²) >= 11 is 0. The number of carbonyl (C=O) groups is 3. The molecule has 1 heterocycles. The number of likely N-dealkylation sites (tertiary alicyclic amines) is 1. The highest BCUT2D eigenvalue weighted by molar-refractivity contribution is 5.98. The Bertz CT molecular complexity index is 704. The zero-order chi connectivity index (χ0) is 18.8. The van der Waals surface area contributed by atoms with Crippen LogP contribution < -0.4 is 5.73 Å². The molecule has 2 amide bonds. The molecule has 1 aliphatic heterocycles. The van der Waals surface area contributed by atoms with E-state index in [9.17, 15) is 14.4 Å². The Balaban J connectivity index is 2.56. The number of rotatable bonds is 5. The SMILES string of the molecule is COC(=O)[C@@H]1CC(=O)N1/C(=C\c1ccccc1)[C@@H](C(N)=O)C(C)(C)C. The minimum absolute atomic E-state index is 0.0639. The van der Waals surface area contributed by atoms with Crippen LogP contribution in [0.3, 0.4) is 0 Å². The third-order valence-electron chi connectivity index (χ3n) is 4.26. The first-order valence-corrected chi connectivity index (χ1v) is 8.12. The zero-order valence-electron chi connectivity index (χ0n) is 15.0. The molecule has 6 heteroatoms. The van der Waals surface area contributed by atoms with E-state index in [1.165, 1.54) is 12.0 Å².